The first-order valence-corrected chi connectivity index (χ1v) is 7.19. The number of nitrogens with one attached hydrogen (secondary N) is 1. The zero-order valence-corrected chi connectivity index (χ0v) is 11.9. The molecule has 2 aliphatic heterocycles. The van der Waals surface area contributed by atoms with Gasteiger partial charge in [-0.05, 0) is 23.8 Å². The summed E-state index contributed by atoms with van der Waals surface area (Å²) in [7, 11) is 0. The van der Waals surface area contributed by atoms with Gasteiger partial charge >= 0.3 is 0 Å². The summed E-state index contributed by atoms with van der Waals surface area (Å²) in [5.41, 5.74) is 0.847. The molecular weight excluding hydrogens is 281 g/mol. The third-order valence-corrected chi connectivity index (χ3v) is 4.12. The molecule has 0 aromatic heterocycles. The number of amides is 1. The van der Waals surface area contributed by atoms with E-state index in [1.807, 2.05) is 0 Å². The fraction of sp³-hybridized carbons (Fsp3) is 0.500. The van der Waals surface area contributed by atoms with Crippen LogP contribution in [-0.2, 0) is 11.3 Å². The van der Waals surface area contributed by atoms with E-state index in [4.69, 9.17) is 11.6 Å². The Morgan fingerprint density at radius 3 is 2.95 bits per heavy atom. The lowest BCUT2D eigenvalue weighted by atomic mass is 10.1. The predicted octanol–water partition coefficient (Wildman–Crippen LogP) is 1.10. The lowest BCUT2D eigenvalue weighted by Gasteiger charge is -2.43. The number of fused-ring (bicyclic) bond motifs is 1. The van der Waals surface area contributed by atoms with Crippen LogP contribution < -0.4 is 5.32 Å². The van der Waals surface area contributed by atoms with Crippen molar-refractivity contribution in [3.8, 4) is 0 Å². The molecule has 2 saturated heterocycles. The lowest BCUT2D eigenvalue weighted by Crippen LogP contribution is -2.63. The molecule has 1 aromatic rings. The van der Waals surface area contributed by atoms with Gasteiger partial charge in [-0.1, -0.05) is 11.6 Å². The van der Waals surface area contributed by atoms with E-state index in [0.717, 1.165) is 31.7 Å². The summed E-state index contributed by atoms with van der Waals surface area (Å²) in [4.78, 5) is 16.3. The minimum Gasteiger partial charge on any atom is -0.353 e. The highest BCUT2D eigenvalue weighted by Gasteiger charge is 2.34. The van der Waals surface area contributed by atoms with Crippen LogP contribution in [0.2, 0.25) is 5.02 Å². The first-order chi connectivity index (χ1) is 9.61. The van der Waals surface area contributed by atoms with Crippen molar-refractivity contribution in [3.05, 3.63) is 34.6 Å². The zero-order valence-electron chi connectivity index (χ0n) is 11.1. The lowest BCUT2D eigenvalue weighted by molar-refractivity contribution is -0.131. The van der Waals surface area contributed by atoms with Crippen molar-refractivity contribution in [3.63, 3.8) is 0 Å². The number of nitrogens with zero attached hydrogens (tertiary/aromatic N) is 2. The van der Waals surface area contributed by atoms with Gasteiger partial charge in [0.25, 0.3) is 0 Å². The van der Waals surface area contributed by atoms with E-state index in [0.29, 0.717) is 18.1 Å². The maximum absolute atomic E-state index is 13.3. The Morgan fingerprint density at radius 1 is 1.30 bits per heavy atom. The highest BCUT2D eigenvalue weighted by Crippen LogP contribution is 2.18. The average molecular weight is 298 g/mol. The quantitative estimate of drug-likeness (QED) is 0.888. The van der Waals surface area contributed by atoms with Gasteiger partial charge in [0.2, 0.25) is 5.91 Å². The second-order valence-electron chi connectivity index (χ2n) is 5.36. The summed E-state index contributed by atoms with van der Waals surface area (Å²) in [6.07, 6.45) is 0. The summed E-state index contributed by atoms with van der Waals surface area (Å²) in [5, 5.41) is 3.31. The number of carbonyl (C=O) groups is 1. The van der Waals surface area contributed by atoms with Crippen LogP contribution in [-0.4, -0.2) is 54.5 Å². The third kappa shape index (κ3) is 2.95. The van der Waals surface area contributed by atoms with Crippen molar-refractivity contribution in [1.82, 2.24) is 15.1 Å². The summed E-state index contributed by atoms with van der Waals surface area (Å²) in [5.74, 6) is -0.222. The second-order valence-corrected chi connectivity index (χ2v) is 5.79. The minimum atomic E-state index is -0.318. The molecule has 2 fully saturated rings. The molecule has 1 aromatic carbocycles. The first kappa shape index (κ1) is 13.8. The third-order valence-electron chi connectivity index (χ3n) is 3.90. The Labute approximate surface area is 122 Å². The monoisotopic (exact) mass is 297 g/mol. The number of benzene rings is 1. The van der Waals surface area contributed by atoms with Crippen molar-refractivity contribution >= 4 is 17.5 Å². The summed E-state index contributed by atoms with van der Waals surface area (Å²) < 4.78 is 13.3. The van der Waals surface area contributed by atoms with Crippen LogP contribution in [0.3, 0.4) is 0 Å². The van der Waals surface area contributed by atoms with Gasteiger partial charge in [-0.2, -0.15) is 0 Å². The minimum absolute atomic E-state index is 0.0819. The van der Waals surface area contributed by atoms with Gasteiger partial charge in [-0.15, -0.1) is 0 Å². The van der Waals surface area contributed by atoms with Crippen molar-refractivity contribution in [2.24, 2.45) is 0 Å². The van der Waals surface area contributed by atoms with Gasteiger partial charge in [0.05, 0.1) is 0 Å². The molecule has 1 unspecified atom stereocenters. The van der Waals surface area contributed by atoms with Crippen molar-refractivity contribution in [2.75, 3.05) is 32.7 Å². The van der Waals surface area contributed by atoms with Crippen LogP contribution in [0.1, 0.15) is 5.56 Å². The van der Waals surface area contributed by atoms with Crippen LogP contribution in [0.25, 0.3) is 0 Å². The van der Waals surface area contributed by atoms with Crippen molar-refractivity contribution in [1.29, 1.82) is 0 Å². The maximum atomic E-state index is 13.3. The molecule has 1 atom stereocenters. The van der Waals surface area contributed by atoms with Crippen LogP contribution >= 0.6 is 11.6 Å². The van der Waals surface area contributed by atoms with Gasteiger partial charge in [0, 0.05) is 44.3 Å². The van der Waals surface area contributed by atoms with Crippen LogP contribution in [0.15, 0.2) is 18.2 Å². The molecule has 0 aliphatic carbocycles. The molecule has 3 rings (SSSR count). The Balaban J connectivity index is 1.68. The molecule has 1 N–H and O–H groups in total. The van der Waals surface area contributed by atoms with E-state index >= 15 is 0 Å². The molecule has 6 heteroatoms. The largest absolute Gasteiger partial charge is 0.353 e. The Hall–Kier alpha value is -1.17. The molecule has 0 bridgehead atoms. The summed E-state index contributed by atoms with van der Waals surface area (Å²) in [6, 6.07) is 4.50. The molecule has 0 radical (unpaired) electrons. The molecular formula is C14H17ClFN3O. The van der Waals surface area contributed by atoms with E-state index in [1.165, 1.54) is 12.1 Å². The Bertz CT molecular complexity index is 505. The summed E-state index contributed by atoms with van der Waals surface area (Å²) in [6.45, 7) is 4.71. The van der Waals surface area contributed by atoms with Crippen molar-refractivity contribution < 1.29 is 9.18 Å². The Kier molecular flexibility index (Phi) is 3.92. The molecule has 1 amide bonds. The fourth-order valence-corrected chi connectivity index (χ4v) is 3.18. The van der Waals surface area contributed by atoms with Crippen LogP contribution in [0, 0.1) is 5.82 Å². The van der Waals surface area contributed by atoms with Gasteiger partial charge in [-0.3, -0.25) is 14.6 Å². The Morgan fingerprint density at radius 2 is 2.15 bits per heavy atom. The smallest absolute Gasteiger partial charge is 0.238 e. The first-order valence-electron chi connectivity index (χ1n) is 6.81. The predicted molar refractivity (Wildman–Crippen MR) is 75.1 cm³/mol. The van der Waals surface area contributed by atoms with Gasteiger partial charge in [0.15, 0.2) is 0 Å². The fourth-order valence-electron chi connectivity index (χ4n) is 2.94. The summed E-state index contributed by atoms with van der Waals surface area (Å²) >= 11 is 5.87. The molecule has 2 aliphatic rings. The van der Waals surface area contributed by atoms with Crippen LogP contribution in [0.5, 0.6) is 0 Å². The van der Waals surface area contributed by atoms with Crippen LogP contribution in [0.4, 0.5) is 4.39 Å². The molecule has 0 spiro atoms. The van der Waals surface area contributed by atoms with Gasteiger partial charge < -0.3 is 5.32 Å². The number of piperazine rings is 2. The molecule has 20 heavy (non-hydrogen) atoms. The molecule has 108 valence electrons. The zero-order chi connectivity index (χ0) is 14.1. The van der Waals surface area contributed by atoms with Crippen molar-refractivity contribution in [2.45, 2.75) is 12.6 Å². The number of hydrogen-bond acceptors (Lipinski definition) is 3. The molecule has 0 saturated carbocycles. The molecule has 2 heterocycles. The highest BCUT2D eigenvalue weighted by atomic mass is 35.5. The van der Waals surface area contributed by atoms with Gasteiger partial charge in [0.1, 0.15) is 11.9 Å². The SMILES string of the molecule is O=C1NCCN2CCN(Cc3cc(F)cc(Cl)c3)CC12. The molecule has 4 nitrogen and oxygen atoms in total. The normalized spacial score (nSPS) is 24.3. The van der Waals surface area contributed by atoms with Gasteiger partial charge in [-0.25, -0.2) is 4.39 Å². The van der Waals surface area contributed by atoms with E-state index < -0.39 is 0 Å². The number of hydrogen-bond donors (Lipinski definition) is 1. The van der Waals surface area contributed by atoms with E-state index in [2.05, 4.69) is 15.1 Å². The number of rotatable bonds is 2. The highest BCUT2D eigenvalue weighted by molar-refractivity contribution is 6.30. The number of halogens is 2. The maximum Gasteiger partial charge on any atom is 0.238 e. The second kappa shape index (κ2) is 5.68. The van der Waals surface area contributed by atoms with E-state index in [-0.39, 0.29) is 17.8 Å². The average Bonchev–Trinajstić information content (AvgIpc) is 2.38. The topological polar surface area (TPSA) is 35.6 Å². The van der Waals surface area contributed by atoms with E-state index in [9.17, 15) is 9.18 Å². The standard InChI is InChI=1S/C14H17ClFN3O/c15-11-5-10(6-12(16)7-11)8-18-3-4-19-2-1-17-14(20)13(19)9-18/h5-7,13H,1-4,8-9H2,(H,17,20). The number of carbonyl (C=O) groups excluding carboxylic acids is 1. The van der Waals surface area contributed by atoms with E-state index in [1.54, 1.807) is 6.07 Å².